The van der Waals surface area contributed by atoms with Gasteiger partial charge < -0.3 is 14.7 Å². The number of anilines is 1. The summed E-state index contributed by atoms with van der Waals surface area (Å²) >= 11 is 0. The normalized spacial score (nSPS) is 11.3. The van der Waals surface area contributed by atoms with Gasteiger partial charge in [0.25, 0.3) is 0 Å². The number of rotatable bonds is 3. The standard InChI is InChI=1S/C17H16N4/c1-12-5-6-16-20-14(11-21(16)10-12)9-19-15-4-2-3-13-7-8-18-17(13)15/h2-8,10-11,18-19H,9H2,1H3. The quantitative estimate of drug-likeness (QED) is 0.599. The van der Waals surface area contributed by atoms with Gasteiger partial charge in [-0.1, -0.05) is 18.2 Å². The van der Waals surface area contributed by atoms with Crippen LogP contribution < -0.4 is 5.32 Å². The molecular formula is C17H16N4. The van der Waals surface area contributed by atoms with E-state index in [4.69, 9.17) is 0 Å². The van der Waals surface area contributed by atoms with E-state index in [1.54, 1.807) is 0 Å². The highest BCUT2D eigenvalue weighted by molar-refractivity contribution is 5.90. The number of nitrogens with one attached hydrogen (secondary N) is 2. The Balaban J connectivity index is 1.61. The van der Waals surface area contributed by atoms with Gasteiger partial charge in [0, 0.05) is 24.0 Å². The predicted molar refractivity (Wildman–Crippen MR) is 85.6 cm³/mol. The molecule has 0 spiro atoms. The van der Waals surface area contributed by atoms with Gasteiger partial charge in [-0.15, -0.1) is 0 Å². The van der Waals surface area contributed by atoms with Gasteiger partial charge in [-0.2, -0.15) is 0 Å². The van der Waals surface area contributed by atoms with Crippen molar-refractivity contribution in [2.45, 2.75) is 13.5 Å². The van der Waals surface area contributed by atoms with Crippen LogP contribution in [0.25, 0.3) is 16.6 Å². The van der Waals surface area contributed by atoms with E-state index in [9.17, 15) is 0 Å². The summed E-state index contributed by atoms with van der Waals surface area (Å²) in [5, 5.41) is 4.67. The first-order valence-corrected chi connectivity index (χ1v) is 7.04. The first-order chi connectivity index (χ1) is 10.3. The Bertz CT molecular complexity index is 917. The van der Waals surface area contributed by atoms with Crippen LogP contribution in [0.1, 0.15) is 11.3 Å². The fraction of sp³-hybridized carbons (Fsp3) is 0.118. The summed E-state index contributed by atoms with van der Waals surface area (Å²) in [4.78, 5) is 7.90. The number of hydrogen-bond acceptors (Lipinski definition) is 2. The fourth-order valence-electron chi connectivity index (χ4n) is 2.66. The summed E-state index contributed by atoms with van der Waals surface area (Å²) in [7, 11) is 0. The molecule has 0 atom stereocenters. The average molecular weight is 276 g/mol. The molecule has 0 bridgehead atoms. The third-order valence-corrected chi connectivity index (χ3v) is 3.70. The predicted octanol–water partition coefficient (Wildman–Crippen LogP) is 3.74. The minimum Gasteiger partial charge on any atom is -0.378 e. The molecule has 4 rings (SSSR count). The molecule has 0 unspecified atom stereocenters. The molecule has 21 heavy (non-hydrogen) atoms. The van der Waals surface area contributed by atoms with Crippen molar-refractivity contribution >= 4 is 22.2 Å². The first kappa shape index (κ1) is 12.0. The maximum Gasteiger partial charge on any atom is 0.137 e. The van der Waals surface area contributed by atoms with E-state index in [2.05, 4.69) is 69.3 Å². The highest BCUT2D eigenvalue weighted by atomic mass is 15.0. The Labute approximate surface area is 122 Å². The lowest BCUT2D eigenvalue weighted by Gasteiger charge is -2.05. The molecule has 4 heteroatoms. The van der Waals surface area contributed by atoms with Crippen molar-refractivity contribution in [3.05, 3.63) is 66.2 Å². The zero-order valence-electron chi connectivity index (χ0n) is 11.8. The number of fused-ring (bicyclic) bond motifs is 2. The molecule has 0 radical (unpaired) electrons. The summed E-state index contributed by atoms with van der Waals surface area (Å²) in [5.41, 5.74) is 5.48. The van der Waals surface area contributed by atoms with Crippen molar-refractivity contribution in [1.29, 1.82) is 0 Å². The number of pyridine rings is 1. The Morgan fingerprint density at radius 2 is 2.10 bits per heavy atom. The monoisotopic (exact) mass is 276 g/mol. The molecule has 0 aliphatic rings. The van der Waals surface area contributed by atoms with E-state index in [0.29, 0.717) is 6.54 Å². The van der Waals surface area contributed by atoms with E-state index >= 15 is 0 Å². The van der Waals surface area contributed by atoms with Crippen molar-refractivity contribution in [3.63, 3.8) is 0 Å². The van der Waals surface area contributed by atoms with Crippen LogP contribution in [0.15, 0.2) is 55.0 Å². The van der Waals surface area contributed by atoms with Crippen molar-refractivity contribution in [2.24, 2.45) is 0 Å². The number of nitrogens with zero attached hydrogens (tertiary/aromatic N) is 2. The van der Waals surface area contributed by atoms with Crippen LogP contribution >= 0.6 is 0 Å². The lowest BCUT2D eigenvalue weighted by molar-refractivity contribution is 1.08. The SMILES string of the molecule is Cc1ccc2nc(CNc3cccc4cc[nH]c34)cn2c1. The zero-order chi connectivity index (χ0) is 14.2. The number of aryl methyl sites for hydroxylation is 1. The van der Waals surface area contributed by atoms with Gasteiger partial charge in [0.05, 0.1) is 23.4 Å². The molecular weight excluding hydrogens is 260 g/mol. The fourth-order valence-corrected chi connectivity index (χ4v) is 2.66. The second kappa shape index (κ2) is 4.66. The summed E-state index contributed by atoms with van der Waals surface area (Å²) in [6.45, 7) is 2.79. The smallest absolute Gasteiger partial charge is 0.137 e. The third-order valence-electron chi connectivity index (χ3n) is 3.70. The van der Waals surface area contributed by atoms with Crippen LogP contribution in [0, 0.1) is 6.92 Å². The van der Waals surface area contributed by atoms with Crippen molar-refractivity contribution in [1.82, 2.24) is 14.4 Å². The molecule has 4 aromatic rings. The van der Waals surface area contributed by atoms with Crippen molar-refractivity contribution in [3.8, 4) is 0 Å². The summed E-state index contributed by atoms with van der Waals surface area (Å²) < 4.78 is 2.07. The van der Waals surface area contributed by atoms with Crippen LogP contribution in [-0.4, -0.2) is 14.4 Å². The Hall–Kier alpha value is -2.75. The highest BCUT2D eigenvalue weighted by Crippen LogP contribution is 2.22. The van der Waals surface area contributed by atoms with Crippen LogP contribution in [0.4, 0.5) is 5.69 Å². The maximum atomic E-state index is 4.63. The topological polar surface area (TPSA) is 45.1 Å². The third kappa shape index (κ3) is 2.14. The molecule has 0 fully saturated rings. The van der Waals surface area contributed by atoms with E-state index in [-0.39, 0.29) is 0 Å². The number of H-pyrrole nitrogens is 1. The zero-order valence-corrected chi connectivity index (χ0v) is 11.8. The Morgan fingerprint density at radius 3 is 3.05 bits per heavy atom. The summed E-state index contributed by atoms with van der Waals surface area (Å²) in [5.74, 6) is 0. The average Bonchev–Trinajstić information content (AvgIpc) is 3.10. The Morgan fingerprint density at radius 1 is 1.14 bits per heavy atom. The van der Waals surface area contributed by atoms with Gasteiger partial charge in [0.15, 0.2) is 0 Å². The van der Waals surface area contributed by atoms with E-state index < -0.39 is 0 Å². The lowest BCUT2D eigenvalue weighted by atomic mass is 10.2. The van der Waals surface area contributed by atoms with Gasteiger partial charge >= 0.3 is 0 Å². The second-order valence-corrected chi connectivity index (χ2v) is 5.31. The largest absolute Gasteiger partial charge is 0.378 e. The number of benzene rings is 1. The van der Waals surface area contributed by atoms with Crippen LogP contribution in [0.3, 0.4) is 0 Å². The molecule has 0 amide bonds. The molecule has 0 saturated carbocycles. The molecule has 1 aromatic carbocycles. The summed E-state index contributed by atoms with van der Waals surface area (Å²) in [6, 6.07) is 12.5. The number of imidazole rings is 1. The molecule has 104 valence electrons. The van der Waals surface area contributed by atoms with Crippen LogP contribution in [0.5, 0.6) is 0 Å². The highest BCUT2D eigenvalue weighted by Gasteiger charge is 2.04. The summed E-state index contributed by atoms with van der Waals surface area (Å²) in [6.07, 6.45) is 6.13. The van der Waals surface area contributed by atoms with Gasteiger partial charge in [-0.3, -0.25) is 0 Å². The molecule has 2 N–H and O–H groups in total. The van der Waals surface area contributed by atoms with Crippen molar-refractivity contribution < 1.29 is 0 Å². The minimum absolute atomic E-state index is 0.707. The molecule has 0 saturated heterocycles. The first-order valence-electron chi connectivity index (χ1n) is 7.04. The van der Waals surface area contributed by atoms with Crippen LogP contribution in [-0.2, 0) is 6.54 Å². The molecule has 0 aliphatic carbocycles. The number of aromatic nitrogens is 3. The van der Waals surface area contributed by atoms with Gasteiger partial charge in [0.2, 0.25) is 0 Å². The molecule has 3 aromatic heterocycles. The van der Waals surface area contributed by atoms with E-state index in [1.807, 2.05) is 12.3 Å². The number of hydrogen-bond donors (Lipinski definition) is 2. The molecule has 3 heterocycles. The second-order valence-electron chi connectivity index (χ2n) is 5.31. The van der Waals surface area contributed by atoms with Gasteiger partial charge in [-0.25, -0.2) is 4.98 Å². The number of para-hydroxylation sites is 1. The lowest BCUT2D eigenvalue weighted by Crippen LogP contribution is -2.00. The minimum atomic E-state index is 0.707. The molecule has 0 aliphatic heterocycles. The van der Waals surface area contributed by atoms with Gasteiger partial charge in [-0.05, 0) is 30.7 Å². The van der Waals surface area contributed by atoms with Crippen LogP contribution in [0.2, 0.25) is 0 Å². The maximum absolute atomic E-state index is 4.63. The Kier molecular flexibility index (Phi) is 2.67. The van der Waals surface area contributed by atoms with E-state index in [1.165, 1.54) is 10.9 Å². The van der Waals surface area contributed by atoms with Crippen molar-refractivity contribution in [2.75, 3.05) is 5.32 Å². The van der Waals surface area contributed by atoms with E-state index in [0.717, 1.165) is 22.5 Å². The number of aromatic amines is 1. The molecule has 4 nitrogen and oxygen atoms in total. The van der Waals surface area contributed by atoms with Gasteiger partial charge in [0.1, 0.15) is 5.65 Å².